The summed E-state index contributed by atoms with van der Waals surface area (Å²) in [6.45, 7) is 8.36. The smallest absolute Gasteiger partial charge is 0.313 e. The van der Waals surface area contributed by atoms with Gasteiger partial charge in [-0.05, 0) is 52.1 Å². The molecule has 7 heteroatoms. The summed E-state index contributed by atoms with van der Waals surface area (Å²) in [7, 11) is 0. The predicted molar refractivity (Wildman–Crippen MR) is 93.3 cm³/mol. The zero-order valence-electron chi connectivity index (χ0n) is 15.3. The topological polar surface area (TPSA) is 87.5 Å². The van der Waals surface area contributed by atoms with Gasteiger partial charge in [0.2, 0.25) is 5.91 Å². The number of carbonyl (C=O) groups is 2. The molecule has 2 fully saturated rings. The van der Waals surface area contributed by atoms with Crippen molar-refractivity contribution in [3.8, 4) is 0 Å². The third-order valence-corrected chi connectivity index (χ3v) is 6.08. The van der Waals surface area contributed by atoms with Crippen molar-refractivity contribution in [2.75, 3.05) is 19.6 Å². The third kappa shape index (κ3) is 3.17. The summed E-state index contributed by atoms with van der Waals surface area (Å²) in [5, 5.41) is 17.6. The second-order valence-corrected chi connectivity index (χ2v) is 7.44. The van der Waals surface area contributed by atoms with Gasteiger partial charge in [-0.2, -0.15) is 5.10 Å². The van der Waals surface area contributed by atoms with E-state index in [1.165, 1.54) is 0 Å². The number of nitrogens with one attached hydrogen (secondary N) is 1. The number of rotatable bonds is 4. The maximum absolute atomic E-state index is 12.7. The molecule has 0 unspecified atom stereocenters. The molecular weight excluding hydrogens is 320 g/mol. The molecule has 0 spiro atoms. The first-order valence-corrected chi connectivity index (χ1v) is 9.10. The molecule has 2 saturated heterocycles. The summed E-state index contributed by atoms with van der Waals surface area (Å²) >= 11 is 0. The fourth-order valence-corrected chi connectivity index (χ4v) is 4.22. The minimum atomic E-state index is -0.832. The van der Waals surface area contributed by atoms with Crippen molar-refractivity contribution in [3.05, 3.63) is 17.0 Å². The number of aryl methyl sites for hydroxylation is 2. The summed E-state index contributed by atoms with van der Waals surface area (Å²) in [4.78, 5) is 26.4. The van der Waals surface area contributed by atoms with Crippen LogP contribution in [0, 0.1) is 26.2 Å². The normalized spacial score (nSPS) is 26.4. The molecule has 2 atom stereocenters. The van der Waals surface area contributed by atoms with Gasteiger partial charge in [-0.3, -0.25) is 14.3 Å². The molecule has 1 aromatic rings. The summed E-state index contributed by atoms with van der Waals surface area (Å²) in [6, 6.07) is -0.0264. The summed E-state index contributed by atoms with van der Waals surface area (Å²) in [5.41, 5.74) is 2.40. The van der Waals surface area contributed by atoms with Crippen LogP contribution in [0.25, 0.3) is 0 Å². The lowest BCUT2D eigenvalue weighted by atomic mass is 9.70. The molecule has 138 valence electrons. The number of piperidine rings is 2. The first kappa shape index (κ1) is 17.9. The monoisotopic (exact) mass is 348 g/mol. The molecule has 0 saturated carbocycles. The zero-order chi connectivity index (χ0) is 18.2. The van der Waals surface area contributed by atoms with Crippen molar-refractivity contribution in [2.24, 2.45) is 5.41 Å². The molecule has 2 N–H and O–H groups in total. The van der Waals surface area contributed by atoms with Crippen LogP contribution in [0.15, 0.2) is 0 Å². The average Bonchev–Trinajstić information content (AvgIpc) is 2.85. The number of carboxylic acid groups (broad SMARTS) is 1. The van der Waals surface area contributed by atoms with E-state index in [2.05, 4.69) is 10.4 Å². The van der Waals surface area contributed by atoms with Crippen LogP contribution in [0.5, 0.6) is 0 Å². The van der Waals surface area contributed by atoms with Crippen LogP contribution in [0.2, 0.25) is 0 Å². The summed E-state index contributed by atoms with van der Waals surface area (Å²) < 4.78 is 1.88. The molecule has 2 aliphatic rings. The van der Waals surface area contributed by atoms with E-state index in [1.807, 2.05) is 25.5 Å². The SMILES string of the molecule is Cc1nn(CCC(=O)N2CC[C@@H]3NCCC[C@@]3(C(=O)O)C2)c(C)c1C. The van der Waals surface area contributed by atoms with E-state index in [0.717, 1.165) is 29.9 Å². The molecule has 3 heterocycles. The Balaban J connectivity index is 1.66. The maximum Gasteiger partial charge on any atom is 0.313 e. The molecule has 1 aromatic heterocycles. The third-order valence-electron chi connectivity index (χ3n) is 6.08. The number of carboxylic acids is 1. The van der Waals surface area contributed by atoms with Gasteiger partial charge in [-0.1, -0.05) is 0 Å². The van der Waals surface area contributed by atoms with Crippen molar-refractivity contribution in [3.63, 3.8) is 0 Å². The molecule has 0 aromatic carbocycles. The fraction of sp³-hybridized carbons (Fsp3) is 0.722. The Morgan fingerprint density at radius 3 is 2.76 bits per heavy atom. The highest BCUT2D eigenvalue weighted by Gasteiger charge is 2.51. The first-order chi connectivity index (χ1) is 11.8. The molecular formula is C18H28N4O3. The number of amides is 1. The zero-order valence-corrected chi connectivity index (χ0v) is 15.3. The molecule has 0 aliphatic carbocycles. The van der Waals surface area contributed by atoms with Gasteiger partial charge in [0.15, 0.2) is 0 Å². The average molecular weight is 348 g/mol. The van der Waals surface area contributed by atoms with Gasteiger partial charge in [-0.25, -0.2) is 0 Å². The van der Waals surface area contributed by atoms with Crippen LogP contribution in [0.3, 0.4) is 0 Å². The lowest BCUT2D eigenvalue weighted by molar-refractivity contribution is -0.159. The van der Waals surface area contributed by atoms with Gasteiger partial charge in [0, 0.05) is 37.8 Å². The number of nitrogens with zero attached hydrogens (tertiary/aromatic N) is 3. The number of aliphatic carboxylic acids is 1. The molecule has 0 radical (unpaired) electrons. The van der Waals surface area contributed by atoms with Crippen LogP contribution >= 0.6 is 0 Å². The lowest BCUT2D eigenvalue weighted by Crippen LogP contribution is -2.63. The Kier molecular flexibility index (Phi) is 4.86. The number of fused-ring (bicyclic) bond motifs is 1. The molecule has 1 amide bonds. The van der Waals surface area contributed by atoms with E-state index in [4.69, 9.17) is 0 Å². The van der Waals surface area contributed by atoms with Crippen molar-refractivity contribution in [1.29, 1.82) is 0 Å². The molecule has 0 bridgehead atoms. The van der Waals surface area contributed by atoms with Crippen molar-refractivity contribution in [1.82, 2.24) is 20.0 Å². The molecule has 2 aliphatic heterocycles. The number of hydrogen-bond donors (Lipinski definition) is 2. The number of likely N-dealkylation sites (tertiary alicyclic amines) is 1. The lowest BCUT2D eigenvalue weighted by Gasteiger charge is -2.48. The Hall–Kier alpha value is -1.89. The second-order valence-electron chi connectivity index (χ2n) is 7.44. The maximum atomic E-state index is 12.7. The van der Waals surface area contributed by atoms with Crippen molar-refractivity contribution in [2.45, 2.75) is 59.0 Å². The van der Waals surface area contributed by atoms with Crippen LogP contribution in [-0.4, -0.2) is 57.3 Å². The molecule has 25 heavy (non-hydrogen) atoms. The van der Waals surface area contributed by atoms with Gasteiger partial charge < -0.3 is 15.3 Å². The summed E-state index contributed by atoms with van der Waals surface area (Å²) in [5.74, 6) is -0.758. The van der Waals surface area contributed by atoms with Crippen LogP contribution in [-0.2, 0) is 16.1 Å². The predicted octanol–water partition coefficient (Wildman–Crippen LogP) is 1.25. The highest BCUT2D eigenvalue weighted by Crippen LogP contribution is 2.38. The van der Waals surface area contributed by atoms with E-state index in [-0.39, 0.29) is 11.9 Å². The highest BCUT2D eigenvalue weighted by atomic mass is 16.4. The van der Waals surface area contributed by atoms with Crippen LogP contribution in [0.1, 0.15) is 42.6 Å². The largest absolute Gasteiger partial charge is 0.481 e. The van der Waals surface area contributed by atoms with Gasteiger partial charge in [0.1, 0.15) is 5.41 Å². The second kappa shape index (κ2) is 6.78. The number of carbonyl (C=O) groups excluding carboxylic acids is 1. The van der Waals surface area contributed by atoms with Gasteiger partial charge in [0.05, 0.1) is 5.69 Å². The number of aromatic nitrogens is 2. The van der Waals surface area contributed by atoms with Crippen LogP contribution in [0.4, 0.5) is 0 Å². The highest BCUT2D eigenvalue weighted by molar-refractivity contribution is 5.80. The Morgan fingerprint density at radius 2 is 2.12 bits per heavy atom. The quantitative estimate of drug-likeness (QED) is 0.855. The van der Waals surface area contributed by atoms with Gasteiger partial charge in [0.25, 0.3) is 0 Å². The Labute approximate surface area is 148 Å². The van der Waals surface area contributed by atoms with Crippen molar-refractivity contribution < 1.29 is 14.7 Å². The van der Waals surface area contributed by atoms with Gasteiger partial charge in [-0.15, -0.1) is 0 Å². The minimum Gasteiger partial charge on any atom is -0.481 e. The summed E-state index contributed by atoms with van der Waals surface area (Å²) in [6.07, 6.45) is 2.54. The van der Waals surface area contributed by atoms with Crippen molar-refractivity contribution >= 4 is 11.9 Å². The van der Waals surface area contributed by atoms with E-state index >= 15 is 0 Å². The van der Waals surface area contributed by atoms with Gasteiger partial charge >= 0.3 is 5.97 Å². The number of hydrogen-bond acceptors (Lipinski definition) is 4. The van der Waals surface area contributed by atoms with Crippen LogP contribution < -0.4 is 5.32 Å². The Bertz CT molecular complexity index is 684. The molecule has 3 rings (SSSR count). The minimum absolute atomic E-state index is 0.0230. The fourth-order valence-electron chi connectivity index (χ4n) is 4.22. The van der Waals surface area contributed by atoms with E-state index in [9.17, 15) is 14.7 Å². The Morgan fingerprint density at radius 1 is 1.36 bits per heavy atom. The van der Waals surface area contributed by atoms with E-state index in [0.29, 0.717) is 38.9 Å². The standard InChI is InChI=1S/C18H28N4O3/c1-12-13(2)20-22(14(12)3)10-6-16(23)21-9-5-15-18(11-21,17(24)25)7-4-8-19-15/h15,19H,4-11H2,1-3H3,(H,24,25)/t15-,18+/m0/s1. The van der Waals surface area contributed by atoms with E-state index in [1.54, 1.807) is 4.90 Å². The first-order valence-electron chi connectivity index (χ1n) is 9.10. The van der Waals surface area contributed by atoms with E-state index < -0.39 is 11.4 Å². The molecule has 7 nitrogen and oxygen atoms in total.